The molecular formula is C23H25N5O2. The molecule has 1 fully saturated rings. The van der Waals surface area contributed by atoms with E-state index in [0.29, 0.717) is 12.5 Å². The van der Waals surface area contributed by atoms with Crippen LogP contribution >= 0.6 is 0 Å². The molecule has 1 aliphatic rings. The van der Waals surface area contributed by atoms with Gasteiger partial charge in [-0.05, 0) is 35.9 Å². The van der Waals surface area contributed by atoms with Crippen molar-refractivity contribution in [1.82, 2.24) is 15.3 Å². The van der Waals surface area contributed by atoms with Gasteiger partial charge in [0.15, 0.2) is 0 Å². The highest BCUT2D eigenvalue weighted by atomic mass is 16.5. The van der Waals surface area contributed by atoms with Crippen molar-refractivity contribution in [3.63, 3.8) is 0 Å². The molecule has 0 atom stereocenters. The molecule has 7 nitrogen and oxygen atoms in total. The first kappa shape index (κ1) is 19.8. The molecule has 2 heterocycles. The zero-order chi connectivity index (χ0) is 20.8. The minimum atomic E-state index is -0.0384. The number of anilines is 3. The van der Waals surface area contributed by atoms with Crippen LogP contribution in [0.15, 0.2) is 60.8 Å². The van der Waals surface area contributed by atoms with Gasteiger partial charge >= 0.3 is 0 Å². The molecule has 0 spiro atoms. The third kappa shape index (κ3) is 5.12. The highest BCUT2D eigenvalue weighted by Crippen LogP contribution is 2.22. The lowest BCUT2D eigenvalue weighted by Crippen LogP contribution is -2.36. The molecule has 2 aromatic carbocycles. The second-order valence-electron chi connectivity index (χ2n) is 7.14. The molecule has 1 aliphatic heterocycles. The molecule has 1 aromatic heterocycles. The molecule has 30 heavy (non-hydrogen) atoms. The first-order chi connectivity index (χ1) is 14.7. The van der Waals surface area contributed by atoms with Gasteiger partial charge in [-0.3, -0.25) is 4.79 Å². The Bertz CT molecular complexity index is 983. The number of hydrogen-bond donors (Lipinski definition) is 2. The number of amides is 1. The Hall–Kier alpha value is -3.45. The highest BCUT2D eigenvalue weighted by Gasteiger charge is 2.11. The van der Waals surface area contributed by atoms with Crippen LogP contribution in [-0.2, 0) is 16.1 Å². The van der Waals surface area contributed by atoms with E-state index in [1.807, 2.05) is 42.5 Å². The summed E-state index contributed by atoms with van der Waals surface area (Å²) >= 11 is 0. The smallest absolute Gasteiger partial charge is 0.227 e. The van der Waals surface area contributed by atoms with E-state index in [4.69, 9.17) is 4.74 Å². The fourth-order valence-corrected chi connectivity index (χ4v) is 3.31. The molecule has 0 bridgehead atoms. The number of rotatable bonds is 6. The van der Waals surface area contributed by atoms with Crippen molar-refractivity contribution < 1.29 is 9.53 Å². The van der Waals surface area contributed by atoms with Crippen molar-refractivity contribution in [1.29, 1.82) is 0 Å². The van der Waals surface area contributed by atoms with Crippen LogP contribution in [0, 0.1) is 0 Å². The van der Waals surface area contributed by atoms with Gasteiger partial charge in [-0.1, -0.05) is 24.3 Å². The number of hydrogen-bond acceptors (Lipinski definition) is 6. The number of morpholine rings is 1. The molecule has 2 N–H and O–H groups in total. The summed E-state index contributed by atoms with van der Waals surface area (Å²) < 4.78 is 5.41. The number of benzene rings is 2. The lowest BCUT2D eigenvalue weighted by atomic mass is 10.1. The maximum atomic E-state index is 11.0. The standard InChI is InChI=1S/C23H25N5O2/c1-17(29)25-16-18-2-4-19(5-3-18)22-10-11-24-23(27-22)26-20-6-8-21(9-7-20)28-12-14-30-15-13-28/h2-11H,12-16H2,1H3,(H,25,29)(H,24,26,27). The van der Waals surface area contributed by atoms with Crippen molar-refractivity contribution in [2.24, 2.45) is 0 Å². The predicted octanol–water partition coefficient (Wildman–Crippen LogP) is 3.36. The molecule has 3 aromatic rings. The molecular weight excluding hydrogens is 378 g/mol. The normalized spacial score (nSPS) is 13.7. The van der Waals surface area contributed by atoms with Gasteiger partial charge in [-0.2, -0.15) is 0 Å². The summed E-state index contributed by atoms with van der Waals surface area (Å²) in [6.45, 7) is 5.42. The third-order valence-electron chi connectivity index (χ3n) is 4.95. The van der Waals surface area contributed by atoms with Crippen molar-refractivity contribution in [3.05, 3.63) is 66.4 Å². The number of aromatic nitrogens is 2. The Balaban J connectivity index is 1.42. The fraction of sp³-hybridized carbons (Fsp3) is 0.261. The van der Waals surface area contributed by atoms with E-state index in [-0.39, 0.29) is 5.91 Å². The van der Waals surface area contributed by atoms with Gasteiger partial charge in [-0.25, -0.2) is 9.97 Å². The van der Waals surface area contributed by atoms with Crippen LogP contribution in [-0.4, -0.2) is 42.2 Å². The second-order valence-corrected chi connectivity index (χ2v) is 7.14. The molecule has 4 rings (SSSR count). The van der Waals surface area contributed by atoms with Crippen molar-refractivity contribution in [3.8, 4) is 11.3 Å². The van der Waals surface area contributed by atoms with Crippen LogP contribution in [0.5, 0.6) is 0 Å². The lowest BCUT2D eigenvalue weighted by Gasteiger charge is -2.28. The Labute approximate surface area is 176 Å². The van der Waals surface area contributed by atoms with Crippen LogP contribution in [0.1, 0.15) is 12.5 Å². The minimum Gasteiger partial charge on any atom is -0.378 e. The van der Waals surface area contributed by atoms with Crippen LogP contribution in [0.25, 0.3) is 11.3 Å². The number of nitrogens with one attached hydrogen (secondary N) is 2. The maximum absolute atomic E-state index is 11.0. The average molecular weight is 403 g/mol. The Kier molecular flexibility index (Phi) is 6.20. The number of nitrogens with zero attached hydrogens (tertiary/aromatic N) is 3. The Morgan fingerprint density at radius 2 is 1.77 bits per heavy atom. The first-order valence-corrected chi connectivity index (χ1v) is 10.0. The molecule has 0 radical (unpaired) electrons. The van der Waals surface area contributed by atoms with Gasteiger partial charge in [0.05, 0.1) is 18.9 Å². The molecule has 0 unspecified atom stereocenters. The molecule has 0 saturated carbocycles. The lowest BCUT2D eigenvalue weighted by molar-refractivity contribution is -0.119. The van der Waals surface area contributed by atoms with E-state index >= 15 is 0 Å². The van der Waals surface area contributed by atoms with E-state index in [9.17, 15) is 4.79 Å². The Morgan fingerprint density at radius 1 is 1.03 bits per heavy atom. The molecule has 154 valence electrons. The summed E-state index contributed by atoms with van der Waals surface area (Å²) in [5.41, 5.74) is 5.01. The van der Waals surface area contributed by atoms with E-state index < -0.39 is 0 Å². The number of ether oxygens (including phenoxy) is 1. The van der Waals surface area contributed by atoms with Gasteiger partial charge < -0.3 is 20.3 Å². The molecule has 7 heteroatoms. The predicted molar refractivity (Wildman–Crippen MR) is 118 cm³/mol. The monoisotopic (exact) mass is 403 g/mol. The SMILES string of the molecule is CC(=O)NCc1ccc(-c2ccnc(Nc3ccc(N4CCOCC4)cc3)n2)cc1. The molecule has 0 aliphatic carbocycles. The van der Waals surface area contributed by atoms with E-state index in [1.54, 1.807) is 6.20 Å². The summed E-state index contributed by atoms with van der Waals surface area (Å²) in [4.78, 5) is 22.3. The fourth-order valence-electron chi connectivity index (χ4n) is 3.31. The zero-order valence-corrected chi connectivity index (χ0v) is 17.0. The number of carbonyl (C=O) groups excluding carboxylic acids is 1. The van der Waals surface area contributed by atoms with Crippen LogP contribution < -0.4 is 15.5 Å². The highest BCUT2D eigenvalue weighted by molar-refractivity contribution is 5.72. The van der Waals surface area contributed by atoms with Crippen molar-refractivity contribution >= 4 is 23.2 Å². The van der Waals surface area contributed by atoms with Gasteiger partial charge in [0, 0.05) is 49.7 Å². The van der Waals surface area contributed by atoms with Crippen molar-refractivity contribution in [2.45, 2.75) is 13.5 Å². The zero-order valence-electron chi connectivity index (χ0n) is 17.0. The molecule has 1 saturated heterocycles. The summed E-state index contributed by atoms with van der Waals surface area (Å²) in [5.74, 6) is 0.512. The number of carbonyl (C=O) groups is 1. The summed E-state index contributed by atoms with van der Waals surface area (Å²) in [7, 11) is 0. The minimum absolute atomic E-state index is 0.0384. The average Bonchev–Trinajstić information content (AvgIpc) is 2.79. The van der Waals surface area contributed by atoms with Crippen LogP contribution in [0.3, 0.4) is 0 Å². The topological polar surface area (TPSA) is 79.4 Å². The van der Waals surface area contributed by atoms with E-state index in [2.05, 4.69) is 37.6 Å². The van der Waals surface area contributed by atoms with Gasteiger partial charge in [0.1, 0.15) is 0 Å². The first-order valence-electron chi connectivity index (χ1n) is 10.0. The third-order valence-corrected chi connectivity index (χ3v) is 4.95. The van der Waals surface area contributed by atoms with E-state index in [1.165, 1.54) is 12.6 Å². The largest absolute Gasteiger partial charge is 0.378 e. The summed E-state index contributed by atoms with van der Waals surface area (Å²) in [6, 6.07) is 18.2. The van der Waals surface area contributed by atoms with Crippen LogP contribution in [0.2, 0.25) is 0 Å². The van der Waals surface area contributed by atoms with Gasteiger partial charge in [0.2, 0.25) is 11.9 Å². The quantitative estimate of drug-likeness (QED) is 0.657. The second kappa shape index (κ2) is 9.37. The Morgan fingerprint density at radius 3 is 2.47 bits per heavy atom. The summed E-state index contributed by atoms with van der Waals surface area (Å²) in [5, 5.41) is 6.07. The van der Waals surface area contributed by atoms with Crippen LogP contribution in [0.4, 0.5) is 17.3 Å². The van der Waals surface area contributed by atoms with Gasteiger partial charge in [-0.15, -0.1) is 0 Å². The van der Waals surface area contributed by atoms with Crippen molar-refractivity contribution in [2.75, 3.05) is 36.5 Å². The van der Waals surface area contributed by atoms with Gasteiger partial charge in [0.25, 0.3) is 0 Å². The van der Waals surface area contributed by atoms with E-state index in [0.717, 1.165) is 48.8 Å². The summed E-state index contributed by atoms with van der Waals surface area (Å²) in [6.07, 6.45) is 1.75. The maximum Gasteiger partial charge on any atom is 0.227 e. The molecule has 1 amide bonds.